The van der Waals surface area contributed by atoms with Crippen LogP contribution < -0.4 is 5.32 Å². The van der Waals surface area contributed by atoms with E-state index in [1.54, 1.807) is 0 Å². The lowest BCUT2D eigenvalue weighted by molar-refractivity contribution is 0.256. The third-order valence-corrected chi connectivity index (χ3v) is 3.45. The number of rotatable bonds is 5. The molecule has 0 aliphatic carbocycles. The molecule has 1 atom stereocenters. The molecule has 1 aromatic rings. The Balaban J connectivity index is 2.35. The predicted octanol–water partition coefficient (Wildman–Crippen LogP) is 3.97. The standard InChI is InChI=1S/C16H25N/c1-13(15-9-7-6-8-10-15)11-17-12-14(2)16(3,4)5/h6-10,14,17H,1,11-12H2,2-5H3. The lowest BCUT2D eigenvalue weighted by Crippen LogP contribution is -2.30. The average molecular weight is 231 g/mol. The van der Waals surface area contributed by atoms with Gasteiger partial charge in [-0.1, -0.05) is 64.6 Å². The average Bonchev–Trinajstić information content (AvgIpc) is 2.28. The summed E-state index contributed by atoms with van der Waals surface area (Å²) >= 11 is 0. The van der Waals surface area contributed by atoms with Crippen LogP contribution >= 0.6 is 0 Å². The van der Waals surface area contributed by atoms with Crippen LogP contribution in [-0.2, 0) is 0 Å². The van der Waals surface area contributed by atoms with Crippen LogP contribution in [0.15, 0.2) is 36.9 Å². The highest BCUT2D eigenvalue weighted by atomic mass is 14.9. The van der Waals surface area contributed by atoms with Crippen molar-refractivity contribution in [3.05, 3.63) is 42.5 Å². The summed E-state index contributed by atoms with van der Waals surface area (Å²) in [6.45, 7) is 15.2. The molecule has 0 amide bonds. The van der Waals surface area contributed by atoms with Crippen molar-refractivity contribution >= 4 is 5.57 Å². The summed E-state index contributed by atoms with van der Waals surface area (Å²) in [5, 5.41) is 3.49. The molecule has 0 aromatic heterocycles. The Morgan fingerprint density at radius 2 is 1.82 bits per heavy atom. The van der Waals surface area contributed by atoms with Crippen molar-refractivity contribution in [3.8, 4) is 0 Å². The van der Waals surface area contributed by atoms with Crippen LogP contribution in [0.25, 0.3) is 5.57 Å². The molecule has 1 aromatic carbocycles. The summed E-state index contributed by atoms with van der Waals surface area (Å²) in [6, 6.07) is 10.4. The summed E-state index contributed by atoms with van der Waals surface area (Å²) in [6.07, 6.45) is 0. The maximum atomic E-state index is 4.12. The van der Waals surface area contributed by atoms with Crippen LogP contribution in [0.3, 0.4) is 0 Å². The maximum absolute atomic E-state index is 4.12. The van der Waals surface area contributed by atoms with Crippen molar-refractivity contribution in [1.82, 2.24) is 5.32 Å². The van der Waals surface area contributed by atoms with Crippen molar-refractivity contribution in [2.75, 3.05) is 13.1 Å². The number of nitrogens with one attached hydrogen (secondary N) is 1. The number of hydrogen-bond acceptors (Lipinski definition) is 1. The minimum Gasteiger partial charge on any atom is -0.312 e. The van der Waals surface area contributed by atoms with Gasteiger partial charge in [-0.2, -0.15) is 0 Å². The fourth-order valence-electron chi connectivity index (χ4n) is 1.52. The Morgan fingerprint density at radius 1 is 1.24 bits per heavy atom. The highest BCUT2D eigenvalue weighted by Gasteiger charge is 2.19. The highest BCUT2D eigenvalue weighted by molar-refractivity contribution is 5.64. The molecule has 1 rings (SSSR count). The van der Waals surface area contributed by atoms with Gasteiger partial charge in [0.15, 0.2) is 0 Å². The lowest BCUT2D eigenvalue weighted by Gasteiger charge is -2.27. The van der Waals surface area contributed by atoms with Crippen molar-refractivity contribution in [1.29, 1.82) is 0 Å². The van der Waals surface area contributed by atoms with E-state index in [1.807, 2.05) is 6.07 Å². The molecule has 1 N–H and O–H groups in total. The van der Waals surface area contributed by atoms with E-state index in [9.17, 15) is 0 Å². The Labute approximate surface area is 106 Å². The minimum atomic E-state index is 0.362. The minimum absolute atomic E-state index is 0.362. The van der Waals surface area contributed by atoms with Crippen molar-refractivity contribution in [3.63, 3.8) is 0 Å². The molecule has 0 aliphatic rings. The van der Waals surface area contributed by atoms with Gasteiger partial charge in [0.25, 0.3) is 0 Å². The van der Waals surface area contributed by atoms with Gasteiger partial charge in [-0.25, -0.2) is 0 Å². The first-order valence-electron chi connectivity index (χ1n) is 6.35. The number of hydrogen-bond donors (Lipinski definition) is 1. The summed E-state index contributed by atoms with van der Waals surface area (Å²) in [4.78, 5) is 0. The molecule has 1 nitrogen and oxygen atoms in total. The zero-order valence-corrected chi connectivity index (χ0v) is 11.6. The van der Waals surface area contributed by atoms with Gasteiger partial charge in [-0.05, 0) is 29.0 Å². The van der Waals surface area contributed by atoms with E-state index in [4.69, 9.17) is 0 Å². The molecule has 0 aliphatic heterocycles. The third kappa shape index (κ3) is 4.74. The van der Waals surface area contributed by atoms with Crippen molar-refractivity contribution in [2.24, 2.45) is 11.3 Å². The Morgan fingerprint density at radius 3 is 2.35 bits per heavy atom. The van der Waals surface area contributed by atoms with Crippen molar-refractivity contribution < 1.29 is 0 Å². The van der Waals surface area contributed by atoms with E-state index < -0.39 is 0 Å². The number of benzene rings is 1. The van der Waals surface area contributed by atoms with E-state index in [2.05, 4.69) is 63.9 Å². The van der Waals surface area contributed by atoms with Gasteiger partial charge in [0, 0.05) is 6.54 Å². The smallest absolute Gasteiger partial charge is 0.0205 e. The van der Waals surface area contributed by atoms with Gasteiger partial charge >= 0.3 is 0 Å². The van der Waals surface area contributed by atoms with Crippen molar-refractivity contribution in [2.45, 2.75) is 27.7 Å². The second-order valence-corrected chi connectivity index (χ2v) is 5.87. The van der Waals surface area contributed by atoms with Gasteiger partial charge in [0.05, 0.1) is 0 Å². The Hall–Kier alpha value is -1.08. The zero-order chi connectivity index (χ0) is 12.9. The molecule has 94 valence electrons. The SMILES string of the molecule is C=C(CNCC(C)C(C)(C)C)c1ccccc1. The van der Waals surface area contributed by atoms with Crippen LogP contribution in [0, 0.1) is 11.3 Å². The van der Waals surface area contributed by atoms with Crippen LogP contribution in [0.1, 0.15) is 33.3 Å². The van der Waals surface area contributed by atoms with Gasteiger partial charge in [-0.15, -0.1) is 0 Å². The molecular weight excluding hydrogens is 206 g/mol. The Kier molecular flexibility index (Phi) is 4.95. The van der Waals surface area contributed by atoms with Crippen LogP contribution in [0.4, 0.5) is 0 Å². The molecule has 0 spiro atoms. The largest absolute Gasteiger partial charge is 0.312 e. The molecule has 17 heavy (non-hydrogen) atoms. The molecule has 0 fully saturated rings. The topological polar surface area (TPSA) is 12.0 Å². The zero-order valence-electron chi connectivity index (χ0n) is 11.6. The molecule has 0 radical (unpaired) electrons. The normalized spacial score (nSPS) is 13.4. The molecule has 0 saturated carbocycles. The van der Waals surface area contributed by atoms with E-state index in [0.29, 0.717) is 11.3 Å². The fourth-order valence-corrected chi connectivity index (χ4v) is 1.52. The Bertz CT molecular complexity index is 346. The van der Waals surface area contributed by atoms with E-state index in [1.165, 1.54) is 5.56 Å². The highest BCUT2D eigenvalue weighted by Crippen LogP contribution is 2.24. The van der Waals surface area contributed by atoms with Gasteiger partial charge in [0.1, 0.15) is 0 Å². The quantitative estimate of drug-likeness (QED) is 0.808. The van der Waals surface area contributed by atoms with E-state index >= 15 is 0 Å². The first-order valence-corrected chi connectivity index (χ1v) is 6.35. The first-order chi connectivity index (χ1) is 7.91. The first kappa shape index (κ1) is 14.0. The van der Waals surface area contributed by atoms with E-state index in [-0.39, 0.29) is 0 Å². The second kappa shape index (κ2) is 6.02. The van der Waals surface area contributed by atoms with Crippen LogP contribution in [0.5, 0.6) is 0 Å². The van der Waals surface area contributed by atoms with Crippen LogP contribution in [-0.4, -0.2) is 13.1 Å². The predicted molar refractivity (Wildman–Crippen MR) is 77.0 cm³/mol. The summed E-state index contributed by atoms with van der Waals surface area (Å²) < 4.78 is 0. The molecule has 0 heterocycles. The molecule has 1 unspecified atom stereocenters. The van der Waals surface area contributed by atoms with E-state index in [0.717, 1.165) is 18.7 Å². The van der Waals surface area contributed by atoms with Crippen LogP contribution in [0.2, 0.25) is 0 Å². The summed E-state index contributed by atoms with van der Waals surface area (Å²) in [5.41, 5.74) is 2.75. The third-order valence-electron chi connectivity index (χ3n) is 3.45. The monoisotopic (exact) mass is 231 g/mol. The maximum Gasteiger partial charge on any atom is 0.0205 e. The molecular formula is C16H25N. The molecule has 0 bridgehead atoms. The second-order valence-electron chi connectivity index (χ2n) is 5.87. The van der Waals surface area contributed by atoms with Gasteiger partial charge < -0.3 is 5.32 Å². The van der Waals surface area contributed by atoms with Gasteiger partial charge in [0.2, 0.25) is 0 Å². The lowest BCUT2D eigenvalue weighted by atomic mass is 9.82. The summed E-state index contributed by atoms with van der Waals surface area (Å²) in [7, 11) is 0. The molecule has 0 saturated heterocycles. The van der Waals surface area contributed by atoms with Gasteiger partial charge in [-0.3, -0.25) is 0 Å². The summed E-state index contributed by atoms with van der Waals surface area (Å²) in [5.74, 6) is 0.658. The molecule has 1 heteroatoms. The fraction of sp³-hybridized carbons (Fsp3) is 0.500.